The number of nitrogens with zero attached hydrogens (tertiary/aromatic N) is 3. The van der Waals surface area contributed by atoms with Crippen molar-refractivity contribution < 1.29 is 14.3 Å². The lowest BCUT2D eigenvalue weighted by molar-refractivity contribution is -0.132. The maximum absolute atomic E-state index is 12.0. The second kappa shape index (κ2) is 7.40. The first-order valence-corrected chi connectivity index (χ1v) is 8.51. The van der Waals surface area contributed by atoms with E-state index in [1.165, 1.54) is 0 Å². The summed E-state index contributed by atoms with van der Waals surface area (Å²) in [6.07, 6.45) is 0.676. The van der Waals surface area contributed by atoms with Crippen molar-refractivity contribution in [3.63, 3.8) is 0 Å². The molecule has 7 heteroatoms. The molecule has 2 N–H and O–H groups in total. The zero-order valence-electron chi connectivity index (χ0n) is 14.5. The highest BCUT2D eigenvalue weighted by atomic mass is 16.5. The summed E-state index contributed by atoms with van der Waals surface area (Å²) in [5.41, 5.74) is 6.68. The molecule has 2 saturated heterocycles. The number of hydrogen-bond acceptors (Lipinski definition) is 6. The number of methoxy groups -OCH3 is 1. The molecule has 134 valence electrons. The van der Waals surface area contributed by atoms with E-state index in [0.29, 0.717) is 30.9 Å². The van der Waals surface area contributed by atoms with Crippen LogP contribution in [0.2, 0.25) is 0 Å². The van der Waals surface area contributed by atoms with Crippen LogP contribution in [0.5, 0.6) is 5.75 Å². The van der Waals surface area contributed by atoms with Crippen LogP contribution in [0.1, 0.15) is 17.5 Å². The lowest BCUT2D eigenvalue weighted by Gasteiger charge is -2.43. The molecule has 3 rings (SSSR count). The highest BCUT2D eigenvalue weighted by molar-refractivity contribution is 5.85. The summed E-state index contributed by atoms with van der Waals surface area (Å²) >= 11 is 0. The molecule has 2 aliphatic heterocycles. The second-order valence-electron chi connectivity index (χ2n) is 6.61. The van der Waals surface area contributed by atoms with Crippen LogP contribution < -0.4 is 10.5 Å². The lowest BCUT2D eigenvalue weighted by Crippen LogP contribution is -2.63. The Bertz CT molecular complexity index is 671. The number of carbonyl (C=O) groups excluding carboxylic acids is 1. The molecule has 0 aliphatic carbocycles. The van der Waals surface area contributed by atoms with Crippen LogP contribution >= 0.6 is 0 Å². The van der Waals surface area contributed by atoms with Crippen molar-refractivity contribution in [2.45, 2.75) is 18.5 Å². The molecular formula is C18H24N4O3. The lowest BCUT2D eigenvalue weighted by atomic mass is 9.94. The monoisotopic (exact) mass is 344 g/mol. The van der Waals surface area contributed by atoms with Crippen LogP contribution in [0, 0.1) is 11.3 Å². The normalized spacial score (nSPS) is 24.8. The second-order valence-corrected chi connectivity index (χ2v) is 6.61. The van der Waals surface area contributed by atoms with Crippen LogP contribution in [0.3, 0.4) is 0 Å². The quantitative estimate of drug-likeness (QED) is 0.828. The third-order valence-electron chi connectivity index (χ3n) is 5.23. The van der Waals surface area contributed by atoms with Crippen LogP contribution in [0.4, 0.5) is 0 Å². The molecular weight excluding hydrogens is 320 g/mol. The summed E-state index contributed by atoms with van der Waals surface area (Å²) in [5, 5.41) is 9.07. The number of primary amides is 1. The van der Waals surface area contributed by atoms with Crippen LogP contribution in [0.15, 0.2) is 18.2 Å². The third-order valence-corrected chi connectivity index (χ3v) is 5.23. The first-order valence-electron chi connectivity index (χ1n) is 8.51. The molecule has 0 spiro atoms. The van der Waals surface area contributed by atoms with Gasteiger partial charge in [-0.3, -0.25) is 14.6 Å². The largest absolute Gasteiger partial charge is 0.495 e. The van der Waals surface area contributed by atoms with E-state index in [4.69, 9.17) is 20.5 Å². The summed E-state index contributed by atoms with van der Waals surface area (Å²) in [6, 6.07) is 7.80. The number of hydrogen-bond donors (Lipinski definition) is 1. The van der Waals surface area contributed by atoms with Gasteiger partial charge in [-0.2, -0.15) is 5.26 Å². The van der Waals surface area contributed by atoms with Gasteiger partial charge in [0.2, 0.25) is 5.91 Å². The Balaban J connectivity index is 1.61. The van der Waals surface area contributed by atoms with Crippen LogP contribution in [-0.2, 0) is 16.1 Å². The predicted molar refractivity (Wildman–Crippen MR) is 91.9 cm³/mol. The van der Waals surface area contributed by atoms with Gasteiger partial charge in [0.15, 0.2) is 0 Å². The van der Waals surface area contributed by atoms with Crippen molar-refractivity contribution >= 4 is 5.91 Å². The van der Waals surface area contributed by atoms with Gasteiger partial charge in [-0.05, 0) is 17.7 Å². The smallest absolute Gasteiger partial charge is 0.240 e. The SMILES string of the molecule is COc1cc(CN2CCN(C3(C(N)=O)CCOC3)CC2)ccc1C#N. The first kappa shape index (κ1) is 17.7. The number of nitrogens with two attached hydrogens (primary N) is 1. The van der Waals surface area contributed by atoms with E-state index >= 15 is 0 Å². The van der Waals surface area contributed by atoms with E-state index < -0.39 is 5.54 Å². The Morgan fingerprint density at radius 2 is 2.16 bits per heavy atom. The van der Waals surface area contributed by atoms with Gasteiger partial charge in [0.05, 0.1) is 19.3 Å². The molecule has 1 aromatic carbocycles. The Kier molecular flexibility index (Phi) is 5.23. The van der Waals surface area contributed by atoms with Gasteiger partial charge in [-0.1, -0.05) is 6.07 Å². The predicted octanol–water partition coefficient (Wildman–Crippen LogP) is 0.329. The topological polar surface area (TPSA) is 91.8 Å². The van der Waals surface area contributed by atoms with E-state index in [1.807, 2.05) is 12.1 Å². The molecule has 0 saturated carbocycles. The van der Waals surface area contributed by atoms with Crippen molar-refractivity contribution in [2.75, 3.05) is 46.5 Å². The first-order chi connectivity index (χ1) is 12.1. The molecule has 2 heterocycles. The number of benzene rings is 1. The summed E-state index contributed by atoms with van der Waals surface area (Å²) in [5.74, 6) is 0.324. The number of nitriles is 1. The number of rotatable bonds is 5. The van der Waals surface area contributed by atoms with Gasteiger partial charge in [-0.15, -0.1) is 0 Å². The third kappa shape index (κ3) is 3.47. The molecule has 0 bridgehead atoms. The van der Waals surface area contributed by atoms with Crippen LogP contribution in [0.25, 0.3) is 0 Å². The maximum atomic E-state index is 12.0. The van der Waals surface area contributed by atoms with Gasteiger partial charge in [0.1, 0.15) is 17.4 Å². The Hall–Kier alpha value is -2.14. The standard InChI is InChI=1S/C18H24N4O3/c1-24-16-10-14(2-3-15(16)11-19)12-21-5-7-22(8-6-21)18(17(20)23)4-9-25-13-18/h2-3,10H,4-9,12-13H2,1H3,(H2,20,23). The van der Waals surface area contributed by atoms with Crippen molar-refractivity contribution in [1.82, 2.24) is 9.80 Å². The van der Waals surface area contributed by atoms with E-state index in [0.717, 1.165) is 38.3 Å². The average molecular weight is 344 g/mol. The number of carbonyl (C=O) groups is 1. The Morgan fingerprint density at radius 1 is 1.40 bits per heavy atom. The van der Waals surface area contributed by atoms with Gasteiger partial charge in [0.25, 0.3) is 0 Å². The zero-order valence-corrected chi connectivity index (χ0v) is 14.5. The molecule has 1 unspecified atom stereocenters. The van der Waals surface area contributed by atoms with Gasteiger partial charge < -0.3 is 15.2 Å². The summed E-state index contributed by atoms with van der Waals surface area (Å²) in [6.45, 7) is 5.08. The minimum atomic E-state index is -0.635. The minimum absolute atomic E-state index is 0.282. The maximum Gasteiger partial charge on any atom is 0.240 e. The molecule has 2 aliphatic rings. The van der Waals surface area contributed by atoms with Crippen molar-refractivity contribution in [3.05, 3.63) is 29.3 Å². The van der Waals surface area contributed by atoms with Crippen LogP contribution in [-0.4, -0.2) is 67.7 Å². The molecule has 0 radical (unpaired) electrons. The molecule has 1 aromatic rings. The Labute approximate surface area is 147 Å². The summed E-state index contributed by atoms with van der Waals surface area (Å²) < 4.78 is 10.7. The number of amides is 1. The van der Waals surface area contributed by atoms with Crippen molar-refractivity contribution in [2.24, 2.45) is 5.73 Å². The molecule has 7 nitrogen and oxygen atoms in total. The fourth-order valence-electron chi connectivity index (χ4n) is 3.67. The fourth-order valence-corrected chi connectivity index (χ4v) is 3.67. The van der Waals surface area contributed by atoms with Crippen molar-refractivity contribution in [3.8, 4) is 11.8 Å². The van der Waals surface area contributed by atoms with Gasteiger partial charge in [-0.25, -0.2) is 0 Å². The minimum Gasteiger partial charge on any atom is -0.495 e. The molecule has 0 aromatic heterocycles. The molecule has 1 atom stereocenters. The van der Waals surface area contributed by atoms with Gasteiger partial charge >= 0.3 is 0 Å². The zero-order chi connectivity index (χ0) is 17.9. The highest BCUT2D eigenvalue weighted by Crippen LogP contribution is 2.28. The Morgan fingerprint density at radius 3 is 2.72 bits per heavy atom. The summed E-state index contributed by atoms with van der Waals surface area (Å²) in [4.78, 5) is 16.5. The van der Waals surface area contributed by atoms with Gasteiger partial charge in [0, 0.05) is 45.8 Å². The number of ether oxygens (including phenoxy) is 2. The van der Waals surface area contributed by atoms with Crippen molar-refractivity contribution in [1.29, 1.82) is 5.26 Å². The average Bonchev–Trinajstić information content (AvgIpc) is 3.13. The summed E-state index contributed by atoms with van der Waals surface area (Å²) in [7, 11) is 1.58. The number of piperazine rings is 1. The van der Waals surface area contributed by atoms with E-state index in [2.05, 4.69) is 15.9 Å². The molecule has 25 heavy (non-hydrogen) atoms. The molecule has 1 amide bonds. The van der Waals surface area contributed by atoms with E-state index in [-0.39, 0.29) is 5.91 Å². The van der Waals surface area contributed by atoms with E-state index in [1.54, 1.807) is 13.2 Å². The highest BCUT2D eigenvalue weighted by Gasteiger charge is 2.46. The van der Waals surface area contributed by atoms with E-state index in [9.17, 15) is 4.79 Å². The fraction of sp³-hybridized carbons (Fsp3) is 0.556. The molecule has 2 fully saturated rings.